The lowest BCUT2D eigenvalue weighted by atomic mass is 9.98. The van der Waals surface area contributed by atoms with E-state index in [0.717, 1.165) is 27.7 Å². The minimum atomic E-state index is -0.753. The van der Waals surface area contributed by atoms with Gasteiger partial charge in [-0.3, -0.25) is 34.7 Å². The molecule has 3 heterocycles. The van der Waals surface area contributed by atoms with E-state index in [9.17, 15) is 29.4 Å². The van der Waals surface area contributed by atoms with E-state index in [1.165, 1.54) is 54.7 Å². The number of nitrogen functional groups attached to an aromatic ring is 1. The molecule has 0 saturated heterocycles. The number of hydrogen-bond acceptors (Lipinski definition) is 16. The number of aromatic hydroxyl groups is 2. The van der Waals surface area contributed by atoms with Crippen LogP contribution in [0.5, 0.6) is 28.7 Å². The van der Waals surface area contributed by atoms with E-state index in [-0.39, 0.29) is 77.1 Å². The zero-order valence-electron chi connectivity index (χ0n) is 40.3. The smallest absolute Gasteiger partial charge is 0.414 e. The highest BCUT2D eigenvalue weighted by molar-refractivity contribution is 6.48. The number of phenolic OH excluding ortho intramolecular Hbond substituents is 2. The fourth-order valence-electron chi connectivity index (χ4n) is 7.69. The van der Waals surface area contributed by atoms with Gasteiger partial charge in [0.05, 0.1) is 24.8 Å². The third-order valence-corrected chi connectivity index (χ3v) is 11.5. The number of carbonyl (C=O) groups is 4. The van der Waals surface area contributed by atoms with Crippen LogP contribution in [0, 0.1) is 10.8 Å². The second kappa shape index (κ2) is 22.6. The number of amides is 4. The summed E-state index contributed by atoms with van der Waals surface area (Å²) in [4.78, 5) is 71.1. The van der Waals surface area contributed by atoms with Crippen molar-refractivity contribution < 1.29 is 43.6 Å². The summed E-state index contributed by atoms with van der Waals surface area (Å²) in [7, 11) is 3.11. The third-order valence-electron chi connectivity index (χ3n) is 11.5. The highest BCUT2D eigenvalue weighted by Gasteiger charge is 2.28. The van der Waals surface area contributed by atoms with Gasteiger partial charge in [-0.25, -0.2) is 19.7 Å². The molecule has 0 atom stereocenters. The summed E-state index contributed by atoms with van der Waals surface area (Å²) in [5.41, 5.74) is 8.18. The minimum Gasteiger partial charge on any atom is -0.508 e. The van der Waals surface area contributed by atoms with E-state index in [2.05, 4.69) is 30.9 Å². The molecule has 0 bridgehead atoms. The van der Waals surface area contributed by atoms with Crippen LogP contribution in [0.2, 0.25) is 0 Å². The van der Waals surface area contributed by atoms with Gasteiger partial charge in [0.1, 0.15) is 34.4 Å². The number of benzene rings is 4. The summed E-state index contributed by atoms with van der Waals surface area (Å²) in [5, 5.41) is 48.2. The van der Waals surface area contributed by atoms with E-state index < -0.39 is 29.5 Å². The van der Waals surface area contributed by atoms with Crippen molar-refractivity contribution in [2.75, 3.05) is 62.9 Å². The highest BCUT2D eigenvalue weighted by Crippen LogP contribution is 2.38. The van der Waals surface area contributed by atoms with Gasteiger partial charge in [0.2, 0.25) is 11.6 Å². The molecule has 4 aromatic carbocycles. The second-order valence-electron chi connectivity index (χ2n) is 16.7. The summed E-state index contributed by atoms with van der Waals surface area (Å²) >= 11 is 0. The maximum absolute atomic E-state index is 13.1. The molecule has 0 unspecified atom stereocenters. The summed E-state index contributed by atoms with van der Waals surface area (Å²) < 4.78 is 19.3. The molecule has 374 valence electrons. The van der Waals surface area contributed by atoms with E-state index in [1.807, 2.05) is 24.5 Å². The molecule has 0 aliphatic carbocycles. The molecular formula is C50H55N13O9. The Bertz CT molecular complexity index is 3100. The first-order valence-electron chi connectivity index (χ1n) is 22.9. The van der Waals surface area contributed by atoms with Crippen molar-refractivity contribution in [2.24, 2.45) is 4.99 Å². The normalized spacial score (nSPS) is 11.9. The molecule has 2 aromatic heterocycles. The SMILES string of the molecule is CCNC(=O)C(=N)N(C(=N)c1cc(C(C)C)c(O)cc1O)c1ccc(C(=O)NCCc2ccc(OC(=O)N(C)CCCOc3ccc4c5n(c(=NC(=O)c6cnc(N)nc6)nc4c3OC)CCN5)cc2)cc1. The highest BCUT2D eigenvalue weighted by atomic mass is 16.6. The van der Waals surface area contributed by atoms with Gasteiger partial charge < -0.3 is 51.0 Å². The number of ether oxygens (including phenoxy) is 3. The number of methoxy groups -OCH3 is 1. The summed E-state index contributed by atoms with van der Waals surface area (Å²) in [5.74, 6) is -1.52. The van der Waals surface area contributed by atoms with Gasteiger partial charge >= 0.3 is 6.09 Å². The molecule has 6 aromatic rings. The molecule has 7 rings (SSSR count). The van der Waals surface area contributed by atoms with E-state index in [0.29, 0.717) is 60.8 Å². The first-order valence-corrected chi connectivity index (χ1v) is 22.9. The number of nitrogens with zero attached hydrogens (tertiary/aromatic N) is 7. The topological polar surface area (TPSA) is 309 Å². The quantitative estimate of drug-likeness (QED) is 0.0362. The second-order valence-corrected chi connectivity index (χ2v) is 16.7. The number of phenols is 2. The number of likely N-dealkylation sites (N-methyl/N-ethyl adjacent to an activating group) is 1. The Balaban J connectivity index is 0.896. The zero-order chi connectivity index (χ0) is 51.6. The predicted molar refractivity (Wildman–Crippen MR) is 268 cm³/mol. The average molecular weight is 982 g/mol. The first-order chi connectivity index (χ1) is 34.6. The lowest BCUT2D eigenvalue weighted by Crippen LogP contribution is -2.46. The van der Waals surface area contributed by atoms with Gasteiger partial charge in [0, 0.05) is 74.9 Å². The summed E-state index contributed by atoms with van der Waals surface area (Å²) in [6.45, 7) is 7.58. The third kappa shape index (κ3) is 11.5. The maximum Gasteiger partial charge on any atom is 0.414 e. The molecular weight excluding hydrogens is 927 g/mol. The zero-order valence-corrected chi connectivity index (χ0v) is 40.3. The minimum absolute atomic E-state index is 0.00247. The number of nitrogens with one attached hydrogen (secondary N) is 5. The molecule has 22 heteroatoms. The Morgan fingerprint density at radius 1 is 0.958 bits per heavy atom. The molecule has 0 fully saturated rings. The number of fused-ring (bicyclic) bond motifs is 3. The van der Waals surface area contributed by atoms with Crippen LogP contribution in [0.15, 0.2) is 90.2 Å². The maximum atomic E-state index is 13.1. The van der Waals surface area contributed by atoms with Crippen molar-refractivity contribution in [3.05, 3.63) is 119 Å². The van der Waals surface area contributed by atoms with Gasteiger partial charge in [-0.05, 0) is 91.4 Å². The Morgan fingerprint density at radius 2 is 1.68 bits per heavy atom. The molecule has 1 aliphatic rings. The van der Waals surface area contributed by atoms with Crippen LogP contribution in [0.4, 0.5) is 22.2 Å². The average Bonchev–Trinajstić information content (AvgIpc) is 3.87. The number of nitrogens with two attached hydrogens (primary N) is 1. The fraction of sp³-hybridized carbons (Fsp3) is 0.280. The summed E-state index contributed by atoms with van der Waals surface area (Å²) in [6, 6.07) is 19.1. The van der Waals surface area contributed by atoms with E-state index in [1.54, 1.807) is 44.3 Å². The van der Waals surface area contributed by atoms with E-state index >= 15 is 0 Å². The van der Waals surface area contributed by atoms with Gasteiger partial charge in [0.15, 0.2) is 17.3 Å². The van der Waals surface area contributed by atoms with Crippen LogP contribution in [0.1, 0.15) is 70.5 Å². The van der Waals surface area contributed by atoms with Crippen molar-refractivity contribution in [1.82, 2.24) is 35.1 Å². The molecule has 0 radical (unpaired) electrons. The monoisotopic (exact) mass is 981 g/mol. The Hall–Kier alpha value is -9.08. The number of amidine groups is 2. The van der Waals surface area contributed by atoms with E-state index in [4.69, 9.17) is 35.7 Å². The van der Waals surface area contributed by atoms with Crippen LogP contribution < -0.4 is 46.4 Å². The number of hydrogen-bond donors (Lipinski definition) is 8. The van der Waals surface area contributed by atoms with Gasteiger partial charge in [-0.15, -0.1) is 0 Å². The number of carbonyl (C=O) groups excluding carboxylic acids is 4. The van der Waals surface area contributed by atoms with Crippen molar-refractivity contribution in [3.63, 3.8) is 0 Å². The molecule has 0 saturated carbocycles. The van der Waals surface area contributed by atoms with Crippen LogP contribution in [0.3, 0.4) is 0 Å². The molecule has 1 aliphatic heterocycles. The largest absolute Gasteiger partial charge is 0.508 e. The van der Waals surface area contributed by atoms with Crippen LogP contribution in [-0.4, -0.2) is 117 Å². The van der Waals surface area contributed by atoms with Crippen molar-refractivity contribution in [1.29, 1.82) is 10.8 Å². The molecule has 72 heavy (non-hydrogen) atoms. The van der Waals surface area contributed by atoms with Crippen molar-refractivity contribution in [2.45, 2.75) is 46.1 Å². The van der Waals surface area contributed by atoms with Gasteiger partial charge in [0.25, 0.3) is 17.7 Å². The predicted octanol–water partition coefficient (Wildman–Crippen LogP) is 4.94. The Kier molecular flexibility index (Phi) is 15.9. The molecule has 0 spiro atoms. The number of rotatable bonds is 16. The molecule has 22 nitrogen and oxygen atoms in total. The number of aromatic nitrogens is 4. The fourth-order valence-corrected chi connectivity index (χ4v) is 7.69. The standard InChI is InChI=1S/C50H55N13O9/c1-6-54-47(68)43(52)63(42(51)36-24-35(28(2)3)37(64)25-38(36)65)32-12-10-30(11-13-32)45(66)56-19-18-29-8-14-33(15-9-29)72-50(69)61(4)21-7-23-71-39-17-16-34-40(41(39)70-5)59-49(62-22-20-55-44(34)62)60-46(67)31-26-57-48(53)58-27-31/h8-17,24-28,51-52,55,64-65H,6-7,18-23H2,1-5H3,(H,54,68)(H,56,66)(H2,53,57,58). The number of anilines is 3. The lowest BCUT2D eigenvalue weighted by Gasteiger charge is -2.26. The Morgan fingerprint density at radius 3 is 2.36 bits per heavy atom. The van der Waals surface area contributed by atoms with Crippen LogP contribution in [0.25, 0.3) is 10.9 Å². The Labute approximate surface area is 413 Å². The summed E-state index contributed by atoms with van der Waals surface area (Å²) in [6.07, 6.45) is 2.96. The van der Waals surface area contributed by atoms with Crippen LogP contribution in [-0.2, 0) is 17.8 Å². The van der Waals surface area contributed by atoms with Crippen LogP contribution >= 0.6 is 0 Å². The van der Waals surface area contributed by atoms with Crippen molar-refractivity contribution in [3.8, 4) is 28.7 Å². The van der Waals surface area contributed by atoms with Crippen molar-refractivity contribution >= 4 is 63.8 Å². The lowest BCUT2D eigenvalue weighted by molar-refractivity contribution is -0.114. The first kappa shape index (κ1) is 50.8. The van der Waals surface area contributed by atoms with Gasteiger partial charge in [-0.2, -0.15) is 4.99 Å². The molecule has 9 N–H and O–H groups in total. The van der Waals surface area contributed by atoms with Gasteiger partial charge in [-0.1, -0.05) is 26.0 Å². The molecule has 4 amide bonds.